The van der Waals surface area contributed by atoms with Crippen LogP contribution in [-0.2, 0) is 22.4 Å². The molecule has 0 saturated heterocycles. The van der Waals surface area contributed by atoms with Crippen LogP contribution in [-0.4, -0.2) is 5.25 Å². The first-order valence-electron chi connectivity index (χ1n) is 8.16. The van der Waals surface area contributed by atoms with Gasteiger partial charge in [0.15, 0.2) is 0 Å². The van der Waals surface area contributed by atoms with Crippen LogP contribution in [0.1, 0.15) is 43.2 Å². The second-order valence-corrected chi connectivity index (χ2v) is 8.38. The van der Waals surface area contributed by atoms with Gasteiger partial charge in [-0.3, -0.25) is 0 Å². The monoisotopic (exact) mass is 297 g/mol. The van der Waals surface area contributed by atoms with Crippen LogP contribution >= 0.6 is 0 Å². The molecule has 1 saturated carbocycles. The van der Waals surface area contributed by atoms with Crippen LogP contribution in [0.3, 0.4) is 0 Å². The molecule has 1 aliphatic carbocycles. The molecular weight excluding hydrogens is 272 g/mol. The normalized spacial score (nSPS) is 16.2. The van der Waals surface area contributed by atoms with E-state index in [1.807, 2.05) is 0 Å². The lowest BCUT2D eigenvalue weighted by molar-refractivity contribution is 0.512. The topological polar surface area (TPSA) is 0 Å². The molecule has 0 nitrogen and oxygen atoms in total. The van der Waals surface area contributed by atoms with E-state index in [2.05, 4.69) is 60.7 Å². The number of benzene rings is 2. The van der Waals surface area contributed by atoms with Gasteiger partial charge in [-0.25, -0.2) is 0 Å². The van der Waals surface area contributed by atoms with E-state index in [-0.39, 0.29) is 0 Å². The zero-order valence-electron chi connectivity index (χ0n) is 12.7. The number of hydrogen-bond acceptors (Lipinski definition) is 0. The molecule has 0 spiro atoms. The summed E-state index contributed by atoms with van der Waals surface area (Å²) >= 11 is 0. The molecule has 0 unspecified atom stereocenters. The molecular formula is C20H25S+. The molecule has 2 aromatic carbocycles. The number of hydrogen-bond donors (Lipinski definition) is 0. The standard InChI is InChI=1S/C20H25S/c1-4-10-18(11-5-1)16-21(20-14-8-3-9-15-20)17-19-12-6-2-7-13-19/h1-2,4-7,10-13,20H,3,8-9,14-17H2/q+1. The van der Waals surface area contributed by atoms with Crippen molar-refractivity contribution in [2.45, 2.75) is 48.9 Å². The summed E-state index contributed by atoms with van der Waals surface area (Å²) < 4.78 is 0. The van der Waals surface area contributed by atoms with Crippen molar-refractivity contribution in [1.82, 2.24) is 0 Å². The minimum absolute atomic E-state index is 0.487. The summed E-state index contributed by atoms with van der Waals surface area (Å²) in [7, 11) is 0.487. The molecule has 0 N–H and O–H groups in total. The Balaban J connectivity index is 1.73. The maximum Gasteiger partial charge on any atom is 0.133 e. The van der Waals surface area contributed by atoms with Gasteiger partial charge in [-0.1, -0.05) is 67.1 Å². The maximum absolute atomic E-state index is 2.30. The van der Waals surface area contributed by atoms with Gasteiger partial charge in [0.1, 0.15) is 16.8 Å². The molecule has 0 aliphatic heterocycles. The van der Waals surface area contributed by atoms with E-state index in [4.69, 9.17) is 0 Å². The Morgan fingerprint density at radius 2 is 1.14 bits per heavy atom. The maximum atomic E-state index is 2.30. The van der Waals surface area contributed by atoms with Crippen LogP contribution in [0.2, 0.25) is 0 Å². The lowest BCUT2D eigenvalue weighted by atomic mass is 10.0. The van der Waals surface area contributed by atoms with Crippen molar-refractivity contribution < 1.29 is 0 Å². The van der Waals surface area contributed by atoms with Crippen molar-refractivity contribution in [2.24, 2.45) is 0 Å². The predicted octanol–water partition coefficient (Wildman–Crippen LogP) is 5.34. The van der Waals surface area contributed by atoms with Gasteiger partial charge in [0.2, 0.25) is 0 Å². The highest BCUT2D eigenvalue weighted by Gasteiger charge is 2.32. The quantitative estimate of drug-likeness (QED) is 0.654. The fourth-order valence-electron chi connectivity index (χ4n) is 3.26. The van der Waals surface area contributed by atoms with Crippen LogP contribution in [0.15, 0.2) is 60.7 Å². The summed E-state index contributed by atoms with van der Waals surface area (Å²) in [6.07, 6.45) is 7.23. The van der Waals surface area contributed by atoms with Gasteiger partial charge in [0.05, 0.1) is 0 Å². The lowest BCUT2D eigenvalue weighted by Crippen LogP contribution is -2.27. The van der Waals surface area contributed by atoms with Crippen LogP contribution in [0.4, 0.5) is 0 Å². The summed E-state index contributed by atoms with van der Waals surface area (Å²) in [5, 5.41) is 0.944. The largest absolute Gasteiger partial charge is 0.133 e. The summed E-state index contributed by atoms with van der Waals surface area (Å²) in [6.45, 7) is 0. The summed E-state index contributed by atoms with van der Waals surface area (Å²) in [4.78, 5) is 0. The predicted molar refractivity (Wildman–Crippen MR) is 94.5 cm³/mol. The van der Waals surface area contributed by atoms with Gasteiger partial charge in [0, 0.05) is 11.1 Å². The highest BCUT2D eigenvalue weighted by Crippen LogP contribution is 2.30. The third-order valence-corrected chi connectivity index (χ3v) is 7.24. The Morgan fingerprint density at radius 3 is 1.62 bits per heavy atom. The summed E-state index contributed by atoms with van der Waals surface area (Å²) in [6, 6.07) is 22.2. The van der Waals surface area contributed by atoms with Gasteiger partial charge in [0.25, 0.3) is 0 Å². The first-order valence-corrected chi connectivity index (χ1v) is 9.78. The van der Waals surface area contributed by atoms with Crippen molar-refractivity contribution in [3.8, 4) is 0 Å². The summed E-state index contributed by atoms with van der Waals surface area (Å²) in [5.41, 5.74) is 3.03. The van der Waals surface area contributed by atoms with E-state index in [9.17, 15) is 0 Å². The second kappa shape index (κ2) is 7.70. The first-order chi connectivity index (χ1) is 10.4. The van der Waals surface area contributed by atoms with E-state index < -0.39 is 0 Å². The third-order valence-electron chi connectivity index (χ3n) is 4.41. The fraction of sp³-hybridized carbons (Fsp3) is 0.400. The lowest BCUT2D eigenvalue weighted by Gasteiger charge is -2.23. The van der Waals surface area contributed by atoms with E-state index in [0.717, 1.165) is 5.25 Å². The Labute approximate surface area is 131 Å². The Morgan fingerprint density at radius 1 is 0.667 bits per heavy atom. The van der Waals surface area contributed by atoms with Crippen molar-refractivity contribution in [3.63, 3.8) is 0 Å². The highest BCUT2D eigenvalue weighted by atomic mass is 32.2. The van der Waals surface area contributed by atoms with Gasteiger partial charge >= 0.3 is 0 Å². The molecule has 1 aliphatic rings. The molecule has 21 heavy (non-hydrogen) atoms. The zero-order chi connectivity index (χ0) is 14.3. The SMILES string of the molecule is c1ccc(C[S+](Cc2ccccc2)C2CCCCC2)cc1. The Bertz CT molecular complexity index is 473. The first kappa shape index (κ1) is 14.7. The van der Waals surface area contributed by atoms with Gasteiger partial charge in [-0.2, -0.15) is 0 Å². The molecule has 0 aromatic heterocycles. The smallest absolute Gasteiger partial charge is 0.0622 e. The summed E-state index contributed by atoms with van der Waals surface area (Å²) in [5.74, 6) is 2.53. The van der Waals surface area contributed by atoms with Crippen LogP contribution in [0.5, 0.6) is 0 Å². The highest BCUT2D eigenvalue weighted by molar-refractivity contribution is 7.96. The van der Waals surface area contributed by atoms with Crippen LogP contribution < -0.4 is 0 Å². The number of rotatable bonds is 5. The van der Waals surface area contributed by atoms with Crippen molar-refractivity contribution in [2.75, 3.05) is 0 Å². The minimum Gasteiger partial charge on any atom is -0.0622 e. The van der Waals surface area contributed by atoms with E-state index in [1.165, 1.54) is 54.7 Å². The average Bonchev–Trinajstić information content (AvgIpc) is 2.57. The van der Waals surface area contributed by atoms with Gasteiger partial charge < -0.3 is 0 Å². The minimum atomic E-state index is 0.487. The molecule has 0 amide bonds. The molecule has 0 bridgehead atoms. The average molecular weight is 297 g/mol. The van der Waals surface area contributed by atoms with E-state index in [0.29, 0.717) is 10.9 Å². The van der Waals surface area contributed by atoms with Crippen molar-refractivity contribution >= 4 is 10.9 Å². The van der Waals surface area contributed by atoms with E-state index in [1.54, 1.807) is 0 Å². The molecule has 0 atom stereocenters. The van der Waals surface area contributed by atoms with Crippen LogP contribution in [0, 0.1) is 0 Å². The van der Waals surface area contributed by atoms with Crippen molar-refractivity contribution in [1.29, 1.82) is 0 Å². The Kier molecular flexibility index (Phi) is 5.40. The fourth-order valence-corrected chi connectivity index (χ4v) is 6.08. The third kappa shape index (κ3) is 4.38. The molecule has 3 rings (SSSR count). The van der Waals surface area contributed by atoms with Gasteiger partial charge in [-0.15, -0.1) is 0 Å². The van der Waals surface area contributed by atoms with Crippen molar-refractivity contribution in [3.05, 3.63) is 71.8 Å². The molecule has 1 fully saturated rings. The van der Waals surface area contributed by atoms with Crippen LogP contribution in [0.25, 0.3) is 0 Å². The molecule has 110 valence electrons. The molecule has 0 radical (unpaired) electrons. The Hall–Kier alpha value is -1.21. The molecule has 2 aromatic rings. The second-order valence-electron chi connectivity index (χ2n) is 6.06. The molecule has 1 heteroatoms. The van der Waals surface area contributed by atoms with Gasteiger partial charge in [-0.05, 0) is 36.6 Å². The zero-order valence-corrected chi connectivity index (χ0v) is 13.5. The van der Waals surface area contributed by atoms with E-state index >= 15 is 0 Å². The molecule has 0 heterocycles.